The normalized spacial score (nSPS) is 15.1. The number of hydrogen-bond donors (Lipinski definition) is 3. The van der Waals surface area contributed by atoms with E-state index in [4.69, 9.17) is 27.1 Å². The summed E-state index contributed by atoms with van der Waals surface area (Å²) in [5.41, 5.74) is 9.36. The SMILES string of the molecule is CNc1cc(Cl)cc2c1[nH]c1nc(Oc3cnc4ccnn4c3)nc(N3CCC(N)CC3)c12. The zero-order valence-electron chi connectivity index (χ0n) is 17.9. The van der Waals surface area contributed by atoms with Crippen LogP contribution >= 0.6 is 11.6 Å². The zero-order chi connectivity index (χ0) is 22.5. The van der Waals surface area contributed by atoms with Gasteiger partial charge >= 0.3 is 6.01 Å². The lowest BCUT2D eigenvalue weighted by Gasteiger charge is -2.31. The van der Waals surface area contributed by atoms with E-state index in [1.54, 1.807) is 23.1 Å². The van der Waals surface area contributed by atoms with Crippen molar-refractivity contribution < 1.29 is 4.74 Å². The molecule has 6 rings (SSSR count). The lowest BCUT2D eigenvalue weighted by atomic mass is 10.1. The highest BCUT2D eigenvalue weighted by Crippen LogP contribution is 2.38. The molecule has 5 heterocycles. The Kier molecular flexibility index (Phi) is 4.70. The number of H-pyrrole nitrogens is 1. The number of hydrogen-bond acceptors (Lipinski definition) is 8. The molecule has 0 amide bonds. The molecule has 1 fully saturated rings. The Morgan fingerprint density at radius 2 is 2.09 bits per heavy atom. The van der Waals surface area contributed by atoms with Crippen LogP contribution in [-0.2, 0) is 0 Å². The van der Waals surface area contributed by atoms with Crippen molar-refractivity contribution in [3.8, 4) is 11.8 Å². The number of nitrogens with zero attached hydrogens (tertiary/aromatic N) is 6. The van der Waals surface area contributed by atoms with Crippen molar-refractivity contribution in [3.05, 3.63) is 41.8 Å². The number of fused-ring (bicyclic) bond motifs is 4. The van der Waals surface area contributed by atoms with Crippen molar-refractivity contribution in [2.45, 2.75) is 18.9 Å². The predicted molar refractivity (Wildman–Crippen MR) is 128 cm³/mol. The number of aromatic nitrogens is 6. The first kappa shape index (κ1) is 20.0. The Bertz CT molecular complexity index is 1490. The number of ether oxygens (including phenoxy) is 1. The largest absolute Gasteiger partial charge is 0.421 e. The van der Waals surface area contributed by atoms with Crippen molar-refractivity contribution in [1.29, 1.82) is 0 Å². The Balaban J connectivity index is 1.52. The van der Waals surface area contributed by atoms with Crippen LogP contribution in [0.4, 0.5) is 11.5 Å². The van der Waals surface area contributed by atoms with Crippen LogP contribution in [0.3, 0.4) is 0 Å². The highest BCUT2D eigenvalue weighted by Gasteiger charge is 2.24. The summed E-state index contributed by atoms with van der Waals surface area (Å²) in [4.78, 5) is 19.5. The van der Waals surface area contributed by atoms with Crippen molar-refractivity contribution in [2.75, 3.05) is 30.4 Å². The van der Waals surface area contributed by atoms with Gasteiger partial charge in [-0.1, -0.05) is 11.6 Å². The molecule has 4 aromatic heterocycles. The molecular formula is C22H22ClN9O. The maximum absolute atomic E-state index is 6.43. The van der Waals surface area contributed by atoms with E-state index < -0.39 is 0 Å². The van der Waals surface area contributed by atoms with Crippen LogP contribution in [0.5, 0.6) is 11.8 Å². The molecule has 1 aliphatic heterocycles. The van der Waals surface area contributed by atoms with Crippen LogP contribution in [0.15, 0.2) is 36.8 Å². The summed E-state index contributed by atoms with van der Waals surface area (Å²) in [6, 6.07) is 6.07. The number of aromatic amines is 1. The fourth-order valence-electron chi connectivity index (χ4n) is 4.36. The molecule has 0 spiro atoms. The average molecular weight is 464 g/mol. The lowest BCUT2D eigenvalue weighted by Crippen LogP contribution is -2.40. The fraction of sp³-hybridized carbons (Fsp3) is 0.273. The van der Waals surface area contributed by atoms with Gasteiger partial charge in [0.05, 0.1) is 35.2 Å². The van der Waals surface area contributed by atoms with E-state index in [1.165, 1.54) is 0 Å². The topological polar surface area (TPSA) is 122 Å². The fourth-order valence-corrected chi connectivity index (χ4v) is 4.58. The Morgan fingerprint density at radius 1 is 1.24 bits per heavy atom. The van der Waals surface area contributed by atoms with Crippen molar-refractivity contribution >= 4 is 50.7 Å². The minimum absolute atomic E-state index is 0.203. The van der Waals surface area contributed by atoms with E-state index in [0.717, 1.165) is 59.4 Å². The first-order valence-corrected chi connectivity index (χ1v) is 11.2. The van der Waals surface area contributed by atoms with Crippen LogP contribution < -0.4 is 20.7 Å². The second kappa shape index (κ2) is 7.75. The molecule has 0 unspecified atom stereocenters. The number of nitrogens with two attached hydrogens (primary N) is 1. The Labute approximate surface area is 193 Å². The van der Waals surface area contributed by atoms with Gasteiger partial charge in [0, 0.05) is 42.7 Å². The Morgan fingerprint density at radius 3 is 2.91 bits per heavy atom. The molecular weight excluding hydrogens is 442 g/mol. The second-order valence-electron chi connectivity index (χ2n) is 8.15. The van der Waals surface area contributed by atoms with Crippen molar-refractivity contribution in [2.24, 2.45) is 5.73 Å². The van der Waals surface area contributed by atoms with E-state index in [1.807, 2.05) is 25.2 Å². The molecule has 0 bridgehead atoms. The average Bonchev–Trinajstić information content (AvgIpc) is 3.42. The molecule has 11 heteroatoms. The second-order valence-corrected chi connectivity index (χ2v) is 8.59. The smallest absolute Gasteiger partial charge is 0.326 e. The molecule has 1 aromatic carbocycles. The van der Waals surface area contributed by atoms with E-state index in [0.29, 0.717) is 16.4 Å². The molecule has 0 radical (unpaired) electrons. The number of halogens is 1. The molecule has 33 heavy (non-hydrogen) atoms. The summed E-state index contributed by atoms with van der Waals surface area (Å²) in [5, 5.41) is 9.92. The standard InChI is InChI=1S/C22H22ClN9O/c1-25-16-9-12(23)8-15-18-20(28-19(15)16)29-22(30-21(18)31-6-3-13(24)4-7-31)33-14-10-26-17-2-5-27-32(17)11-14/h2,5,8-11,13,25H,3-4,6-7,24H2,1H3,(H,28,29,30). The number of rotatable bonds is 4. The van der Waals surface area contributed by atoms with Gasteiger partial charge in [-0.3, -0.25) is 0 Å². The summed E-state index contributed by atoms with van der Waals surface area (Å²) in [6.07, 6.45) is 6.86. The van der Waals surface area contributed by atoms with E-state index >= 15 is 0 Å². The van der Waals surface area contributed by atoms with Crippen LogP contribution in [0.25, 0.3) is 27.6 Å². The molecule has 1 saturated heterocycles. The highest BCUT2D eigenvalue weighted by atomic mass is 35.5. The summed E-state index contributed by atoms with van der Waals surface area (Å²) in [7, 11) is 1.86. The van der Waals surface area contributed by atoms with Crippen LogP contribution in [0.1, 0.15) is 12.8 Å². The van der Waals surface area contributed by atoms with Crippen LogP contribution in [0.2, 0.25) is 5.02 Å². The molecule has 168 valence electrons. The first-order valence-electron chi connectivity index (χ1n) is 10.8. The molecule has 0 atom stereocenters. The summed E-state index contributed by atoms with van der Waals surface area (Å²) in [5.74, 6) is 1.29. The molecule has 5 aromatic rings. The van der Waals surface area contributed by atoms with Gasteiger partial charge in [0.1, 0.15) is 11.5 Å². The van der Waals surface area contributed by atoms with Gasteiger partial charge in [-0.05, 0) is 25.0 Å². The summed E-state index contributed by atoms with van der Waals surface area (Å²) >= 11 is 6.43. The van der Waals surface area contributed by atoms with E-state index in [-0.39, 0.29) is 12.1 Å². The molecule has 0 saturated carbocycles. The first-order chi connectivity index (χ1) is 16.1. The van der Waals surface area contributed by atoms with Gasteiger partial charge in [-0.15, -0.1) is 0 Å². The molecule has 10 nitrogen and oxygen atoms in total. The Hall–Kier alpha value is -3.63. The maximum Gasteiger partial charge on any atom is 0.326 e. The van der Waals surface area contributed by atoms with Crippen LogP contribution in [0, 0.1) is 0 Å². The zero-order valence-corrected chi connectivity index (χ0v) is 18.7. The van der Waals surface area contributed by atoms with Gasteiger partial charge in [-0.2, -0.15) is 15.1 Å². The quantitative estimate of drug-likeness (QED) is 0.369. The summed E-state index contributed by atoms with van der Waals surface area (Å²) in [6.45, 7) is 1.61. The van der Waals surface area contributed by atoms with Gasteiger partial charge in [0.15, 0.2) is 11.4 Å². The van der Waals surface area contributed by atoms with Gasteiger partial charge < -0.3 is 25.7 Å². The third-order valence-electron chi connectivity index (χ3n) is 6.03. The maximum atomic E-state index is 6.43. The lowest BCUT2D eigenvalue weighted by molar-refractivity contribution is 0.436. The van der Waals surface area contributed by atoms with Crippen LogP contribution in [-0.4, -0.2) is 55.7 Å². The highest BCUT2D eigenvalue weighted by molar-refractivity contribution is 6.32. The number of piperidine rings is 1. The predicted octanol–water partition coefficient (Wildman–Crippen LogP) is 3.57. The van der Waals surface area contributed by atoms with Gasteiger partial charge in [-0.25, -0.2) is 9.50 Å². The van der Waals surface area contributed by atoms with E-state index in [9.17, 15) is 0 Å². The number of nitrogens with one attached hydrogen (secondary N) is 2. The van der Waals surface area contributed by atoms with Crippen molar-refractivity contribution in [3.63, 3.8) is 0 Å². The van der Waals surface area contributed by atoms with Crippen molar-refractivity contribution in [1.82, 2.24) is 29.5 Å². The minimum Gasteiger partial charge on any atom is -0.421 e. The number of benzene rings is 1. The molecule has 1 aliphatic rings. The minimum atomic E-state index is 0.203. The molecule has 4 N–H and O–H groups in total. The van der Waals surface area contributed by atoms with Gasteiger partial charge in [0.2, 0.25) is 0 Å². The van der Waals surface area contributed by atoms with E-state index in [2.05, 4.69) is 30.3 Å². The monoisotopic (exact) mass is 463 g/mol. The number of anilines is 2. The molecule has 0 aliphatic carbocycles. The third-order valence-corrected chi connectivity index (χ3v) is 6.24. The van der Waals surface area contributed by atoms with Gasteiger partial charge in [0.25, 0.3) is 0 Å². The third kappa shape index (κ3) is 3.47. The summed E-state index contributed by atoms with van der Waals surface area (Å²) < 4.78 is 7.68.